The number of ether oxygens (including phenoxy) is 11. The van der Waals surface area contributed by atoms with Crippen LogP contribution in [0.5, 0.6) is 5.75 Å². The average molecular weight is 744 g/mol. The normalized spacial score (nSPS) is 11.2. The Morgan fingerprint density at radius 3 is 1.17 bits per heavy atom. The number of nitrogens with one attached hydrogen (secondary N) is 1. The third-order valence-corrected chi connectivity index (χ3v) is 6.54. The van der Waals surface area contributed by atoms with Crippen molar-refractivity contribution in [3.05, 3.63) is 68.8 Å². The van der Waals surface area contributed by atoms with Gasteiger partial charge in [0.05, 0.1) is 148 Å². The largest absolute Gasteiger partial charge is 0.491 e. The summed E-state index contributed by atoms with van der Waals surface area (Å²) in [7, 11) is 0. The number of para-hydroxylation sites is 1. The van der Waals surface area contributed by atoms with E-state index in [-0.39, 0.29) is 30.2 Å². The lowest BCUT2D eigenvalue weighted by atomic mass is 10.2. The van der Waals surface area contributed by atoms with Crippen molar-refractivity contribution < 1.29 is 62.0 Å². The van der Waals surface area contributed by atoms with Crippen LogP contribution >= 0.6 is 0 Å². The molecule has 0 aliphatic heterocycles. The van der Waals surface area contributed by atoms with Crippen LogP contribution in [-0.2, 0) is 47.4 Å². The molecule has 0 heterocycles. The van der Waals surface area contributed by atoms with Gasteiger partial charge in [-0.2, -0.15) is 0 Å². The second-order valence-electron chi connectivity index (χ2n) is 10.4. The Labute approximate surface area is 304 Å². The Bertz CT molecular complexity index is 1170. The molecule has 0 bridgehead atoms. The second-order valence-corrected chi connectivity index (χ2v) is 10.4. The molecule has 0 atom stereocenters. The molecule has 0 aliphatic rings. The fourth-order valence-electron chi connectivity index (χ4n) is 4.01. The van der Waals surface area contributed by atoms with Crippen molar-refractivity contribution in [2.75, 3.05) is 151 Å². The van der Waals surface area contributed by atoms with Crippen molar-refractivity contribution in [2.45, 2.75) is 0 Å². The van der Waals surface area contributed by atoms with E-state index in [1.165, 1.54) is 12.1 Å². The number of hydrogen-bond donors (Lipinski definition) is 1. The number of rotatable bonds is 37. The molecule has 2 rings (SSSR count). The van der Waals surface area contributed by atoms with Gasteiger partial charge >= 0.3 is 0 Å². The fraction of sp³-hybridized carbons (Fsp3) is 0.647. The first-order valence-corrected chi connectivity index (χ1v) is 17.2. The third-order valence-electron chi connectivity index (χ3n) is 6.54. The predicted octanol–water partition coefficient (Wildman–Crippen LogP) is 3.16. The summed E-state index contributed by atoms with van der Waals surface area (Å²) in [5.74, 6) is 0.832. The van der Waals surface area contributed by atoms with Gasteiger partial charge in [-0.1, -0.05) is 18.2 Å². The molecule has 0 unspecified atom stereocenters. The average Bonchev–Trinajstić information content (AvgIpc) is 3.15. The summed E-state index contributed by atoms with van der Waals surface area (Å²) in [6.07, 6.45) is 0. The fourth-order valence-corrected chi connectivity index (χ4v) is 4.01. The van der Waals surface area contributed by atoms with Crippen molar-refractivity contribution in [1.29, 1.82) is 0 Å². The van der Waals surface area contributed by atoms with Crippen molar-refractivity contribution in [1.82, 2.24) is 0 Å². The van der Waals surface area contributed by atoms with Crippen LogP contribution < -0.4 is 10.1 Å². The molecule has 2 aromatic carbocycles. The minimum Gasteiger partial charge on any atom is -0.491 e. The Morgan fingerprint density at radius 1 is 0.442 bits per heavy atom. The van der Waals surface area contributed by atoms with Crippen LogP contribution in [0.15, 0.2) is 48.5 Å². The monoisotopic (exact) mass is 743 g/mol. The maximum Gasteiger partial charge on any atom is 0.299 e. The molecule has 0 fully saturated rings. The molecule has 0 spiro atoms. The van der Waals surface area contributed by atoms with Crippen LogP contribution in [0, 0.1) is 20.2 Å². The highest BCUT2D eigenvalue weighted by Crippen LogP contribution is 2.28. The highest BCUT2D eigenvalue weighted by molar-refractivity contribution is 5.65. The van der Waals surface area contributed by atoms with E-state index in [9.17, 15) is 20.2 Å². The maximum atomic E-state index is 11.1. The first-order chi connectivity index (χ1) is 25.6. The summed E-state index contributed by atoms with van der Waals surface area (Å²) in [5, 5.41) is 24.8. The van der Waals surface area contributed by atoms with Crippen LogP contribution in [0.1, 0.15) is 0 Å². The molecule has 0 saturated heterocycles. The summed E-state index contributed by atoms with van der Waals surface area (Å²) >= 11 is 0. The quantitative estimate of drug-likeness (QED) is 0.0601. The van der Waals surface area contributed by atoms with Gasteiger partial charge in [-0.15, -0.1) is 0 Å². The van der Waals surface area contributed by atoms with E-state index < -0.39 is 9.85 Å². The molecular weight excluding hydrogens is 690 g/mol. The van der Waals surface area contributed by atoms with Gasteiger partial charge in [0, 0.05) is 12.6 Å². The number of nitrogens with zero attached hydrogens (tertiary/aromatic N) is 2. The first-order valence-electron chi connectivity index (χ1n) is 17.2. The van der Waals surface area contributed by atoms with E-state index in [0.717, 1.165) is 11.8 Å². The minimum atomic E-state index is -0.681. The molecular formula is C34H53N3O15. The summed E-state index contributed by atoms with van der Waals surface area (Å²) in [4.78, 5) is 20.6. The molecule has 0 aliphatic carbocycles. The Morgan fingerprint density at radius 2 is 0.808 bits per heavy atom. The number of anilines is 1. The van der Waals surface area contributed by atoms with E-state index in [4.69, 9.17) is 52.1 Å². The highest BCUT2D eigenvalue weighted by Gasteiger charge is 2.19. The van der Waals surface area contributed by atoms with E-state index in [1.807, 2.05) is 30.3 Å². The number of nitro groups is 2. The summed E-state index contributed by atoms with van der Waals surface area (Å²) < 4.78 is 60.1. The third kappa shape index (κ3) is 24.6. The lowest BCUT2D eigenvalue weighted by molar-refractivity contribution is -0.393. The van der Waals surface area contributed by atoms with Gasteiger partial charge in [-0.3, -0.25) is 20.2 Å². The number of nitro benzene ring substituents is 2. The number of non-ortho nitro benzene ring substituents is 1. The zero-order chi connectivity index (χ0) is 37.2. The Hall–Kier alpha value is -3.56. The highest BCUT2D eigenvalue weighted by atomic mass is 16.6. The second kappa shape index (κ2) is 32.1. The minimum absolute atomic E-state index is 0.185. The van der Waals surface area contributed by atoms with E-state index in [1.54, 1.807) is 0 Å². The lowest BCUT2D eigenvalue weighted by Crippen LogP contribution is -2.16. The molecule has 1 N–H and O–H groups in total. The van der Waals surface area contributed by atoms with Crippen LogP contribution in [0.25, 0.3) is 0 Å². The van der Waals surface area contributed by atoms with Crippen LogP contribution in [0.4, 0.5) is 17.1 Å². The maximum absolute atomic E-state index is 11.1. The van der Waals surface area contributed by atoms with Gasteiger partial charge in [-0.25, -0.2) is 0 Å². The van der Waals surface area contributed by atoms with Crippen molar-refractivity contribution in [3.63, 3.8) is 0 Å². The smallest absolute Gasteiger partial charge is 0.299 e. The summed E-state index contributed by atoms with van der Waals surface area (Å²) in [6, 6.07) is 13.0. The lowest BCUT2D eigenvalue weighted by Gasteiger charge is -2.09. The Kier molecular flexibility index (Phi) is 27.5. The van der Waals surface area contributed by atoms with E-state index >= 15 is 0 Å². The standard InChI is InChI=1S/C34H53N3O15/c38-36(39)31-6-7-33(34(30-31)37(40)41)35-8-9-42-10-11-43-12-13-44-14-15-45-16-17-46-18-19-47-20-21-48-22-23-49-24-25-50-26-27-51-28-29-52-32-4-2-1-3-5-32/h1-7,30,35H,8-29H2. The zero-order valence-corrected chi connectivity index (χ0v) is 29.7. The van der Waals surface area contributed by atoms with E-state index in [2.05, 4.69) is 5.32 Å². The number of benzene rings is 2. The topological polar surface area (TPSA) is 200 Å². The molecule has 294 valence electrons. The van der Waals surface area contributed by atoms with Gasteiger partial charge in [0.2, 0.25) is 0 Å². The predicted molar refractivity (Wildman–Crippen MR) is 188 cm³/mol. The molecule has 52 heavy (non-hydrogen) atoms. The molecule has 18 heteroatoms. The SMILES string of the molecule is O=[N+]([O-])c1ccc(NCCOCCOCCOCCOCCOCCOCCOCCOCCOCCOCCOc2ccccc2)c([N+](=O)[O-])c1. The number of hydrogen-bond acceptors (Lipinski definition) is 16. The van der Waals surface area contributed by atoms with Gasteiger partial charge < -0.3 is 57.4 Å². The molecule has 0 saturated carbocycles. The molecule has 18 nitrogen and oxygen atoms in total. The van der Waals surface area contributed by atoms with Gasteiger partial charge in [0.1, 0.15) is 18.0 Å². The van der Waals surface area contributed by atoms with Crippen LogP contribution in [0.3, 0.4) is 0 Å². The Balaban J connectivity index is 1.19. The van der Waals surface area contributed by atoms with Crippen LogP contribution in [-0.4, -0.2) is 155 Å². The zero-order valence-electron chi connectivity index (χ0n) is 29.7. The van der Waals surface area contributed by atoms with Gasteiger partial charge in [0.15, 0.2) is 0 Å². The molecule has 2 aromatic rings. The van der Waals surface area contributed by atoms with Crippen LogP contribution in [0.2, 0.25) is 0 Å². The summed E-state index contributed by atoms with van der Waals surface area (Å²) in [6.45, 7) is 9.77. The molecule has 0 aromatic heterocycles. The van der Waals surface area contributed by atoms with Crippen molar-refractivity contribution in [3.8, 4) is 5.75 Å². The first kappa shape index (κ1) is 44.6. The van der Waals surface area contributed by atoms with Crippen molar-refractivity contribution >= 4 is 17.1 Å². The van der Waals surface area contributed by atoms with E-state index in [0.29, 0.717) is 132 Å². The van der Waals surface area contributed by atoms with Crippen molar-refractivity contribution in [2.24, 2.45) is 0 Å². The summed E-state index contributed by atoms with van der Waals surface area (Å²) in [5.41, 5.74) is -0.528. The van der Waals surface area contributed by atoms with Gasteiger partial charge in [-0.05, 0) is 18.2 Å². The van der Waals surface area contributed by atoms with Gasteiger partial charge in [0.25, 0.3) is 11.4 Å². The molecule has 0 radical (unpaired) electrons. The molecule has 0 amide bonds.